The molecule has 188 valence electrons. The van der Waals surface area contributed by atoms with Crippen molar-refractivity contribution in [2.45, 2.75) is 39.3 Å². The van der Waals surface area contributed by atoms with Gasteiger partial charge in [0.1, 0.15) is 27.4 Å². The van der Waals surface area contributed by atoms with Gasteiger partial charge < -0.3 is 9.64 Å². The number of rotatable bonds is 7. The second-order valence-corrected chi connectivity index (χ2v) is 9.55. The van der Waals surface area contributed by atoms with Gasteiger partial charge in [-0.15, -0.1) is 4.80 Å². The minimum atomic E-state index is -0.866. The third-order valence-corrected chi connectivity index (χ3v) is 7.91. The Kier molecular flexibility index (Phi) is 6.20. The molecule has 0 radical (unpaired) electrons. The lowest BCUT2D eigenvalue weighted by Gasteiger charge is -2.17. The largest absolute Gasteiger partial charge is 0.496 e. The van der Waals surface area contributed by atoms with Gasteiger partial charge in [0, 0.05) is 25.2 Å². The summed E-state index contributed by atoms with van der Waals surface area (Å²) in [6, 6.07) is 3.35. The Bertz CT molecular complexity index is 1570. The number of halogens is 1. The standard InChI is InChI=1S/C24H25FN6O4S/c1-4-28-11-8-17(20(28)32)30-21(33)19-14(2)22(31-26-9-10-27-31)36-23(19)29(24(30)34)12-7-15-13-16(25)5-6-18(15)35-3/h5-6,9-10,13,17H,4,7-8,11-12H2,1-3H3. The smallest absolute Gasteiger partial charge is 0.332 e. The molecular formula is C24H25FN6O4S. The molecule has 0 bridgehead atoms. The molecule has 4 aromatic rings. The van der Waals surface area contributed by atoms with Gasteiger partial charge in [0.2, 0.25) is 5.91 Å². The maximum atomic E-state index is 14.0. The molecule has 36 heavy (non-hydrogen) atoms. The predicted molar refractivity (Wildman–Crippen MR) is 133 cm³/mol. The van der Waals surface area contributed by atoms with Gasteiger partial charge in [-0.25, -0.2) is 13.8 Å². The van der Waals surface area contributed by atoms with Gasteiger partial charge in [-0.1, -0.05) is 11.3 Å². The Morgan fingerprint density at radius 1 is 1.19 bits per heavy atom. The summed E-state index contributed by atoms with van der Waals surface area (Å²) in [6.45, 7) is 4.79. The lowest BCUT2D eigenvalue weighted by molar-refractivity contribution is -0.130. The normalized spacial score (nSPS) is 15.8. The summed E-state index contributed by atoms with van der Waals surface area (Å²) in [6.07, 6.45) is 3.71. The molecule has 0 saturated carbocycles. The van der Waals surface area contributed by atoms with Gasteiger partial charge in [0.15, 0.2) is 0 Å². The molecule has 1 unspecified atom stereocenters. The molecule has 4 heterocycles. The summed E-state index contributed by atoms with van der Waals surface area (Å²) in [5.41, 5.74) is 0.143. The number of fused-ring (bicyclic) bond motifs is 1. The van der Waals surface area contributed by atoms with Crippen molar-refractivity contribution in [3.05, 3.63) is 68.4 Å². The molecule has 12 heteroatoms. The average Bonchev–Trinajstić information content (AvgIpc) is 3.59. The number of likely N-dealkylation sites (tertiary alicyclic amines) is 1. The maximum Gasteiger partial charge on any atom is 0.332 e. The molecule has 1 aromatic carbocycles. The maximum absolute atomic E-state index is 14.0. The first-order valence-electron chi connectivity index (χ1n) is 11.6. The zero-order valence-electron chi connectivity index (χ0n) is 20.1. The molecule has 1 amide bonds. The van der Waals surface area contributed by atoms with Crippen molar-refractivity contribution in [3.63, 3.8) is 0 Å². The molecule has 1 aliphatic heterocycles. The van der Waals surface area contributed by atoms with Crippen LogP contribution in [-0.4, -0.2) is 55.1 Å². The van der Waals surface area contributed by atoms with E-state index in [-0.39, 0.29) is 18.9 Å². The van der Waals surface area contributed by atoms with Gasteiger partial charge in [-0.3, -0.25) is 14.2 Å². The first kappa shape index (κ1) is 23.9. The number of hydrogen-bond donors (Lipinski definition) is 0. The number of aromatic nitrogens is 5. The fraction of sp³-hybridized carbons (Fsp3) is 0.375. The zero-order chi connectivity index (χ0) is 25.6. The molecule has 1 atom stereocenters. The van der Waals surface area contributed by atoms with Gasteiger partial charge in [-0.2, -0.15) is 10.2 Å². The van der Waals surface area contributed by atoms with Crippen molar-refractivity contribution < 1.29 is 13.9 Å². The molecule has 10 nitrogen and oxygen atoms in total. The van der Waals surface area contributed by atoms with E-state index in [1.807, 2.05) is 6.92 Å². The van der Waals surface area contributed by atoms with Crippen molar-refractivity contribution in [1.29, 1.82) is 0 Å². The minimum absolute atomic E-state index is 0.153. The lowest BCUT2D eigenvalue weighted by atomic mass is 10.1. The van der Waals surface area contributed by atoms with Gasteiger partial charge in [0.25, 0.3) is 5.56 Å². The molecule has 1 aliphatic rings. The summed E-state index contributed by atoms with van der Waals surface area (Å²) in [7, 11) is 1.50. The third kappa shape index (κ3) is 3.81. The van der Waals surface area contributed by atoms with Crippen molar-refractivity contribution in [3.8, 4) is 10.8 Å². The minimum Gasteiger partial charge on any atom is -0.496 e. The van der Waals surface area contributed by atoms with Crippen LogP contribution in [0.1, 0.15) is 30.5 Å². The first-order valence-corrected chi connectivity index (χ1v) is 12.4. The number of likely N-dealkylation sites (N-methyl/N-ethyl adjacent to an activating group) is 1. The van der Waals surface area contributed by atoms with Crippen LogP contribution in [0.15, 0.2) is 40.2 Å². The summed E-state index contributed by atoms with van der Waals surface area (Å²) in [4.78, 5) is 44.0. The zero-order valence-corrected chi connectivity index (χ0v) is 20.9. The Balaban J connectivity index is 1.71. The number of amides is 1. The number of benzene rings is 1. The summed E-state index contributed by atoms with van der Waals surface area (Å²) < 4.78 is 21.9. The fourth-order valence-corrected chi connectivity index (χ4v) is 6.02. The highest BCUT2D eigenvalue weighted by Crippen LogP contribution is 2.31. The molecule has 0 N–H and O–H groups in total. The van der Waals surface area contributed by atoms with Crippen molar-refractivity contribution in [2.24, 2.45) is 0 Å². The molecule has 0 aliphatic carbocycles. The Morgan fingerprint density at radius 3 is 2.61 bits per heavy atom. The van der Waals surface area contributed by atoms with Crippen LogP contribution in [0.4, 0.5) is 4.39 Å². The van der Waals surface area contributed by atoms with Crippen LogP contribution in [0.2, 0.25) is 0 Å². The number of nitrogens with zero attached hydrogens (tertiary/aromatic N) is 6. The number of carbonyl (C=O) groups excluding carboxylic acids is 1. The summed E-state index contributed by atoms with van der Waals surface area (Å²) in [5.74, 6) is -0.151. The van der Waals surface area contributed by atoms with Gasteiger partial charge >= 0.3 is 5.69 Å². The van der Waals surface area contributed by atoms with Crippen molar-refractivity contribution in [2.75, 3.05) is 20.2 Å². The van der Waals surface area contributed by atoms with Crippen LogP contribution in [-0.2, 0) is 17.8 Å². The fourth-order valence-electron chi connectivity index (χ4n) is 4.79. The highest BCUT2D eigenvalue weighted by molar-refractivity contribution is 7.21. The molecule has 0 spiro atoms. The average molecular weight is 513 g/mol. The van der Waals surface area contributed by atoms with E-state index in [9.17, 15) is 18.8 Å². The number of thiophene rings is 1. The molecule has 1 saturated heterocycles. The topological polar surface area (TPSA) is 104 Å². The second-order valence-electron chi connectivity index (χ2n) is 8.57. The lowest BCUT2D eigenvalue weighted by Crippen LogP contribution is -2.44. The van der Waals surface area contributed by atoms with Crippen molar-refractivity contribution in [1.82, 2.24) is 29.0 Å². The summed E-state index contributed by atoms with van der Waals surface area (Å²) >= 11 is 1.23. The molecule has 3 aromatic heterocycles. The molecule has 1 fully saturated rings. The highest BCUT2D eigenvalue weighted by atomic mass is 32.1. The Morgan fingerprint density at radius 2 is 1.94 bits per heavy atom. The van der Waals surface area contributed by atoms with Gasteiger partial charge in [-0.05, 0) is 50.5 Å². The monoisotopic (exact) mass is 512 g/mol. The van der Waals surface area contributed by atoms with E-state index in [0.29, 0.717) is 51.6 Å². The van der Waals surface area contributed by atoms with E-state index in [0.717, 1.165) is 4.57 Å². The van der Waals surface area contributed by atoms with Gasteiger partial charge in [0.05, 0.1) is 24.9 Å². The quantitative estimate of drug-likeness (QED) is 0.376. The van der Waals surface area contributed by atoms with E-state index < -0.39 is 23.1 Å². The third-order valence-electron chi connectivity index (χ3n) is 6.63. The van der Waals surface area contributed by atoms with Crippen LogP contribution in [0.25, 0.3) is 15.2 Å². The molecular weight excluding hydrogens is 487 g/mol. The number of aryl methyl sites for hydroxylation is 3. The van der Waals surface area contributed by atoms with E-state index in [4.69, 9.17) is 4.74 Å². The predicted octanol–water partition coefficient (Wildman–Crippen LogP) is 2.30. The molecule has 5 rings (SSSR count). The second kappa shape index (κ2) is 9.34. The van der Waals surface area contributed by atoms with Crippen LogP contribution < -0.4 is 16.0 Å². The number of carbonyl (C=O) groups is 1. The van der Waals surface area contributed by atoms with Crippen LogP contribution in [0.5, 0.6) is 5.75 Å². The van der Waals surface area contributed by atoms with E-state index in [1.54, 1.807) is 11.8 Å². The van der Waals surface area contributed by atoms with Crippen LogP contribution in [0.3, 0.4) is 0 Å². The van der Waals surface area contributed by atoms with Crippen molar-refractivity contribution >= 4 is 27.5 Å². The van der Waals surface area contributed by atoms with E-state index in [1.165, 1.54) is 58.4 Å². The highest BCUT2D eigenvalue weighted by Gasteiger charge is 2.35. The Hall–Kier alpha value is -3.80. The van der Waals surface area contributed by atoms with E-state index in [2.05, 4.69) is 10.2 Å². The SMILES string of the molecule is CCN1CCC(n2c(=O)c3c(C)c(-n4nccn4)sc3n(CCc3cc(F)ccc3OC)c2=O)C1=O. The van der Waals surface area contributed by atoms with Crippen LogP contribution >= 0.6 is 11.3 Å². The van der Waals surface area contributed by atoms with Crippen LogP contribution in [0, 0.1) is 12.7 Å². The number of hydrogen-bond acceptors (Lipinski definition) is 7. The van der Waals surface area contributed by atoms with E-state index >= 15 is 0 Å². The number of methoxy groups -OCH3 is 1. The first-order chi connectivity index (χ1) is 17.3. The summed E-state index contributed by atoms with van der Waals surface area (Å²) in [5, 5.41) is 9.32. The number of ether oxygens (including phenoxy) is 1. The Labute approximate surface area is 209 Å².